The maximum atomic E-state index is 14.1. The minimum absolute atomic E-state index is 0.0659. The summed E-state index contributed by atoms with van der Waals surface area (Å²) in [6.45, 7) is -0.188. The highest BCUT2D eigenvalue weighted by molar-refractivity contribution is 6.34. The molecule has 0 aliphatic carbocycles. The van der Waals surface area contributed by atoms with E-state index in [1.807, 2.05) is 0 Å². The Bertz CT molecular complexity index is 1540. The molecule has 1 aliphatic heterocycles. The first-order valence-electron chi connectivity index (χ1n) is 12.3. The maximum Gasteiger partial charge on any atom is 0.430 e. The maximum absolute atomic E-state index is 14.1. The van der Waals surface area contributed by atoms with Crippen LogP contribution in [-0.4, -0.2) is 78.2 Å². The summed E-state index contributed by atoms with van der Waals surface area (Å²) < 4.78 is 42.2. The minimum Gasteiger partial charge on any atom is -0.368 e. The number of halogens is 5. The van der Waals surface area contributed by atoms with Crippen molar-refractivity contribution < 1.29 is 27.9 Å². The van der Waals surface area contributed by atoms with Crippen molar-refractivity contribution in [2.75, 3.05) is 45.2 Å². The van der Waals surface area contributed by atoms with Gasteiger partial charge in [-0.2, -0.15) is 18.4 Å². The number of nitrogens with zero attached hydrogens (tertiary/aromatic N) is 5. The van der Waals surface area contributed by atoms with Gasteiger partial charge in [0.2, 0.25) is 0 Å². The summed E-state index contributed by atoms with van der Waals surface area (Å²) in [4.78, 5) is 33.8. The molecule has 13 heteroatoms. The summed E-state index contributed by atoms with van der Waals surface area (Å²) in [5.41, 5.74) is -2.84. The van der Waals surface area contributed by atoms with Gasteiger partial charge in [-0.05, 0) is 29.8 Å². The van der Waals surface area contributed by atoms with E-state index >= 15 is 0 Å². The van der Waals surface area contributed by atoms with Crippen molar-refractivity contribution in [3.05, 3.63) is 81.5 Å². The van der Waals surface area contributed by atoms with Crippen LogP contribution in [0.3, 0.4) is 0 Å². The van der Waals surface area contributed by atoms with Crippen molar-refractivity contribution in [3.63, 3.8) is 0 Å². The molecule has 2 heterocycles. The number of nitriles is 1. The molecule has 41 heavy (non-hydrogen) atoms. The molecule has 1 atom stereocenters. The quantitative estimate of drug-likeness (QED) is 0.451. The number of alkyl halides is 3. The number of pyridine rings is 1. The lowest BCUT2D eigenvalue weighted by molar-refractivity contribution is -0.261. The SMILES string of the molecule is CN(C)C(=O)c1ccc(-c2cnc(N3CCN(C(=O)C(O)(c4ccccc4Cl)C(F)(F)F)CC3)c(C#N)c2)cc1Cl. The van der Waals surface area contributed by atoms with Crippen LogP contribution >= 0.6 is 23.2 Å². The summed E-state index contributed by atoms with van der Waals surface area (Å²) in [5.74, 6) is -1.49. The van der Waals surface area contributed by atoms with Gasteiger partial charge in [-0.25, -0.2) is 4.98 Å². The summed E-state index contributed by atoms with van der Waals surface area (Å²) >= 11 is 12.3. The predicted octanol–water partition coefficient (Wildman–Crippen LogP) is 4.73. The van der Waals surface area contributed by atoms with Gasteiger partial charge in [0, 0.05) is 62.6 Å². The number of piperazine rings is 1. The molecule has 0 radical (unpaired) electrons. The van der Waals surface area contributed by atoms with Crippen LogP contribution in [0.25, 0.3) is 11.1 Å². The number of aromatic nitrogens is 1. The minimum atomic E-state index is -5.32. The first-order chi connectivity index (χ1) is 19.3. The van der Waals surface area contributed by atoms with Crippen molar-refractivity contribution in [2.45, 2.75) is 11.8 Å². The Labute approximate surface area is 244 Å². The van der Waals surface area contributed by atoms with E-state index < -0.39 is 23.2 Å². The molecule has 1 saturated heterocycles. The predicted molar refractivity (Wildman–Crippen MR) is 148 cm³/mol. The van der Waals surface area contributed by atoms with Crippen molar-refractivity contribution in [1.82, 2.24) is 14.8 Å². The third kappa shape index (κ3) is 5.68. The van der Waals surface area contributed by atoms with Crippen LogP contribution in [0, 0.1) is 11.3 Å². The van der Waals surface area contributed by atoms with E-state index in [-0.39, 0.29) is 47.7 Å². The number of carbonyl (C=O) groups excluding carboxylic acids is 2. The highest BCUT2D eigenvalue weighted by Crippen LogP contribution is 2.43. The van der Waals surface area contributed by atoms with Gasteiger partial charge in [0.25, 0.3) is 17.4 Å². The number of aliphatic hydroxyl groups is 1. The van der Waals surface area contributed by atoms with Crippen LogP contribution in [0.4, 0.5) is 19.0 Å². The second-order valence-corrected chi connectivity index (χ2v) is 10.4. The third-order valence-corrected chi connectivity index (χ3v) is 7.42. The lowest BCUT2D eigenvalue weighted by atomic mass is 9.91. The Morgan fingerprint density at radius 3 is 2.22 bits per heavy atom. The van der Waals surface area contributed by atoms with E-state index in [1.54, 1.807) is 43.3 Å². The van der Waals surface area contributed by atoms with E-state index in [0.717, 1.165) is 11.0 Å². The lowest BCUT2D eigenvalue weighted by Crippen LogP contribution is -2.59. The molecule has 0 bridgehead atoms. The average Bonchev–Trinajstić information content (AvgIpc) is 2.95. The average molecular weight is 606 g/mol. The van der Waals surface area contributed by atoms with Crippen LogP contribution in [0.1, 0.15) is 21.5 Å². The van der Waals surface area contributed by atoms with E-state index in [4.69, 9.17) is 23.2 Å². The molecule has 214 valence electrons. The van der Waals surface area contributed by atoms with Gasteiger partial charge < -0.3 is 19.8 Å². The number of benzene rings is 2. The Balaban J connectivity index is 1.54. The molecule has 1 aliphatic rings. The molecule has 8 nitrogen and oxygen atoms in total. The monoisotopic (exact) mass is 605 g/mol. The first kappa shape index (κ1) is 30.1. The number of amides is 2. The Kier molecular flexibility index (Phi) is 8.49. The van der Waals surface area contributed by atoms with Crippen molar-refractivity contribution in [3.8, 4) is 17.2 Å². The van der Waals surface area contributed by atoms with Crippen LogP contribution in [0.2, 0.25) is 10.0 Å². The second kappa shape index (κ2) is 11.6. The molecule has 4 rings (SSSR count). The van der Waals surface area contributed by atoms with E-state index in [2.05, 4.69) is 11.1 Å². The molecule has 0 saturated carbocycles. The molecule has 1 N–H and O–H groups in total. The highest BCUT2D eigenvalue weighted by atomic mass is 35.5. The van der Waals surface area contributed by atoms with Crippen LogP contribution < -0.4 is 4.90 Å². The molecule has 1 unspecified atom stereocenters. The van der Waals surface area contributed by atoms with Gasteiger partial charge in [-0.3, -0.25) is 9.59 Å². The van der Waals surface area contributed by atoms with Gasteiger partial charge in [0.15, 0.2) is 0 Å². The zero-order valence-electron chi connectivity index (χ0n) is 21.9. The van der Waals surface area contributed by atoms with E-state index in [1.165, 1.54) is 29.3 Å². The molecular formula is C28H24Cl2F3N5O3. The molecule has 0 spiro atoms. The number of carbonyl (C=O) groups is 2. The summed E-state index contributed by atoms with van der Waals surface area (Å²) in [5, 5.41) is 20.4. The van der Waals surface area contributed by atoms with Crippen LogP contribution in [0.5, 0.6) is 0 Å². The number of anilines is 1. The topological polar surface area (TPSA) is 101 Å². The van der Waals surface area contributed by atoms with Crippen molar-refractivity contribution in [2.24, 2.45) is 0 Å². The first-order valence-corrected chi connectivity index (χ1v) is 13.0. The van der Waals surface area contributed by atoms with E-state index in [9.17, 15) is 33.1 Å². The van der Waals surface area contributed by atoms with Crippen LogP contribution in [0.15, 0.2) is 54.7 Å². The Hall–Kier alpha value is -3.85. The fraction of sp³-hybridized carbons (Fsp3) is 0.286. The second-order valence-electron chi connectivity index (χ2n) is 9.57. The molecule has 2 aromatic carbocycles. The zero-order chi connectivity index (χ0) is 30.1. The summed E-state index contributed by atoms with van der Waals surface area (Å²) in [7, 11) is 3.22. The molecular weight excluding hydrogens is 582 g/mol. The number of hydrogen-bond donors (Lipinski definition) is 1. The zero-order valence-corrected chi connectivity index (χ0v) is 23.4. The van der Waals surface area contributed by atoms with Crippen LogP contribution in [-0.2, 0) is 10.4 Å². The van der Waals surface area contributed by atoms with Crippen molar-refractivity contribution >= 4 is 40.8 Å². The standard InChI is InChI=1S/C28H24Cl2F3N5O3/c1-36(2)25(39)20-8-7-17(14-23(20)30)19-13-18(15-34)24(35-16-19)37-9-11-38(12-10-37)26(40)27(41,28(31,32)33)21-5-3-4-6-22(21)29/h3-8,13-14,16,41H,9-12H2,1-2H3. The normalized spacial score (nSPS) is 15.2. The molecule has 2 amide bonds. The lowest BCUT2D eigenvalue weighted by Gasteiger charge is -2.40. The largest absolute Gasteiger partial charge is 0.430 e. The molecule has 3 aromatic rings. The van der Waals surface area contributed by atoms with Gasteiger partial charge in [-0.1, -0.05) is 47.5 Å². The molecule has 1 fully saturated rings. The number of hydrogen-bond acceptors (Lipinski definition) is 6. The fourth-order valence-corrected chi connectivity index (χ4v) is 5.09. The third-order valence-electron chi connectivity index (χ3n) is 6.78. The number of rotatable bonds is 5. The van der Waals surface area contributed by atoms with Gasteiger partial charge in [-0.15, -0.1) is 0 Å². The fourth-order valence-electron chi connectivity index (χ4n) is 4.55. The van der Waals surface area contributed by atoms with Gasteiger partial charge in [0.1, 0.15) is 11.9 Å². The smallest absolute Gasteiger partial charge is 0.368 e. The van der Waals surface area contributed by atoms with Gasteiger partial charge >= 0.3 is 6.18 Å². The summed E-state index contributed by atoms with van der Waals surface area (Å²) in [6.07, 6.45) is -3.80. The molecule has 1 aromatic heterocycles. The highest BCUT2D eigenvalue weighted by Gasteiger charge is 2.62. The van der Waals surface area contributed by atoms with Gasteiger partial charge in [0.05, 0.1) is 16.1 Å². The summed E-state index contributed by atoms with van der Waals surface area (Å²) in [6, 6.07) is 13.3. The Morgan fingerprint density at radius 1 is 1.00 bits per heavy atom. The van der Waals surface area contributed by atoms with Crippen molar-refractivity contribution in [1.29, 1.82) is 5.26 Å². The Morgan fingerprint density at radius 2 is 1.66 bits per heavy atom. The van der Waals surface area contributed by atoms with E-state index in [0.29, 0.717) is 22.5 Å².